The van der Waals surface area contributed by atoms with Crippen LogP contribution in [0.25, 0.3) is 10.9 Å². The number of anilines is 1. The second-order valence-corrected chi connectivity index (χ2v) is 6.55. The molecule has 3 aromatic rings. The quantitative estimate of drug-likeness (QED) is 0.781. The van der Waals surface area contributed by atoms with Gasteiger partial charge in [-0.05, 0) is 49.4 Å². The molecule has 0 bridgehead atoms. The molecule has 0 atom stereocenters. The predicted molar refractivity (Wildman–Crippen MR) is 87.1 cm³/mol. The maximum atomic E-state index is 13.3. The maximum absolute atomic E-state index is 13.3. The van der Waals surface area contributed by atoms with Gasteiger partial charge in [0.25, 0.3) is 0 Å². The van der Waals surface area contributed by atoms with E-state index in [1.165, 1.54) is 17.1 Å². The molecule has 3 heterocycles. The second kappa shape index (κ2) is 5.35. The molecule has 1 aromatic carbocycles. The van der Waals surface area contributed by atoms with Gasteiger partial charge in [0.05, 0.1) is 0 Å². The molecular formula is C16H17FN4S. The summed E-state index contributed by atoms with van der Waals surface area (Å²) in [7, 11) is 0. The molecule has 0 saturated carbocycles. The zero-order valence-electron chi connectivity index (χ0n) is 12.3. The first-order valence-corrected chi connectivity index (χ1v) is 8.30. The Hall–Kier alpha value is -1.95. The van der Waals surface area contributed by atoms with E-state index in [1.807, 2.05) is 19.2 Å². The summed E-state index contributed by atoms with van der Waals surface area (Å²) in [5, 5.41) is 2.17. The molecule has 1 saturated heterocycles. The molecule has 1 fully saturated rings. The van der Waals surface area contributed by atoms with Gasteiger partial charge < -0.3 is 9.88 Å². The molecule has 22 heavy (non-hydrogen) atoms. The zero-order chi connectivity index (χ0) is 15.1. The Morgan fingerprint density at radius 3 is 2.86 bits per heavy atom. The van der Waals surface area contributed by atoms with E-state index in [1.54, 1.807) is 12.1 Å². The third-order valence-electron chi connectivity index (χ3n) is 4.40. The Morgan fingerprint density at radius 1 is 1.32 bits per heavy atom. The Bertz CT molecular complexity index is 801. The fourth-order valence-electron chi connectivity index (χ4n) is 3.25. The van der Waals surface area contributed by atoms with Crippen molar-refractivity contribution in [2.24, 2.45) is 0 Å². The number of piperidine rings is 1. The average molecular weight is 316 g/mol. The topological polar surface area (TPSA) is 44.8 Å². The number of nitrogens with one attached hydrogen (secondary N) is 1. The molecule has 0 unspecified atom stereocenters. The van der Waals surface area contributed by atoms with Crippen LogP contribution in [-0.4, -0.2) is 27.4 Å². The number of aryl methyl sites for hydroxylation is 1. The SMILES string of the molecule is Cc1nsc(N2CCC(c3c[nH]c4cc(F)ccc34)CC2)n1. The van der Waals surface area contributed by atoms with E-state index in [0.717, 1.165) is 47.8 Å². The van der Waals surface area contributed by atoms with Gasteiger partial charge in [-0.3, -0.25) is 0 Å². The van der Waals surface area contributed by atoms with E-state index in [0.29, 0.717) is 5.92 Å². The number of aromatic nitrogens is 3. The molecule has 0 radical (unpaired) electrons. The number of H-pyrrole nitrogens is 1. The third kappa shape index (κ3) is 2.37. The molecule has 0 aliphatic carbocycles. The summed E-state index contributed by atoms with van der Waals surface area (Å²) < 4.78 is 17.5. The summed E-state index contributed by atoms with van der Waals surface area (Å²) in [4.78, 5) is 9.98. The third-order valence-corrected chi connectivity index (χ3v) is 5.27. The average Bonchev–Trinajstić information content (AvgIpc) is 3.13. The van der Waals surface area contributed by atoms with Gasteiger partial charge in [-0.2, -0.15) is 4.37 Å². The first kappa shape index (κ1) is 13.7. The molecule has 4 rings (SSSR count). The van der Waals surface area contributed by atoms with Crippen LogP contribution in [0, 0.1) is 12.7 Å². The van der Waals surface area contributed by atoms with Gasteiger partial charge in [0.15, 0.2) is 0 Å². The van der Waals surface area contributed by atoms with Crippen molar-refractivity contribution >= 4 is 27.6 Å². The van der Waals surface area contributed by atoms with Gasteiger partial charge in [-0.1, -0.05) is 0 Å². The summed E-state index contributed by atoms with van der Waals surface area (Å²) in [6.07, 6.45) is 4.21. The van der Waals surface area contributed by atoms with Crippen molar-refractivity contribution in [3.63, 3.8) is 0 Å². The largest absolute Gasteiger partial charge is 0.361 e. The van der Waals surface area contributed by atoms with E-state index < -0.39 is 0 Å². The van der Waals surface area contributed by atoms with Crippen LogP contribution >= 0.6 is 11.5 Å². The van der Waals surface area contributed by atoms with E-state index in [2.05, 4.69) is 19.2 Å². The number of fused-ring (bicyclic) bond motifs is 1. The van der Waals surface area contributed by atoms with Gasteiger partial charge in [0, 0.05) is 41.7 Å². The van der Waals surface area contributed by atoms with Crippen molar-refractivity contribution in [1.29, 1.82) is 0 Å². The summed E-state index contributed by atoms with van der Waals surface area (Å²) in [5.74, 6) is 1.17. The lowest BCUT2D eigenvalue weighted by atomic mass is 9.89. The lowest BCUT2D eigenvalue weighted by Gasteiger charge is -2.31. The minimum absolute atomic E-state index is 0.192. The van der Waals surface area contributed by atoms with Crippen LogP contribution in [0.1, 0.15) is 30.1 Å². The van der Waals surface area contributed by atoms with E-state index in [4.69, 9.17) is 0 Å². The predicted octanol–water partition coefficient (Wildman–Crippen LogP) is 3.85. The van der Waals surface area contributed by atoms with Gasteiger partial charge in [0.2, 0.25) is 5.13 Å². The van der Waals surface area contributed by atoms with Crippen molar-refractivity contribution in [3.05, 3.63) is 41.6 Å². The number of nitrogens with zero attached hydrogens (tertiary/aromatic N) is 3. The van der Waals surface area contributed by atoms with Gasteiger partial charge in [-0.25, -0.2) is 9.37 Å². The summed E-state index contributed by atoms with van der Waals surface area (Å²) in [5.41, 5.74) is 2.19. The van der Waals surface area contributed by atoms with Crippen LogP contribution in [-0.2, 0) is 0 Å². The highest BCUT2D eigenvalue weighted by Crippen LogP contribution is 2.34. The van der Waals surface area contributed by atoms with E-state index in [9.17, 15) is 4.39 Å². The molecule has 6 heteroatoms. The molecule has 0 amide bonds. The van der Waals surface area contributed by atoms with Crippen molar-refractivity contribution < 1.29 is 4.39 Å². The minimum Gasteiger partial charge on any atom is -0.361 e. The molecule has 2 aromatic heterocycles. The first-order chi connectivity index (χ1) is 10.7. The summed E-state index contributed by atoms with van der Waals surface area (Å²) >= 11 is 1.48. The molecule has 1 aliphatic heterocycles. The molecule has 1 aliphatic rings. The summed E-state index contributed by atoms with van der Waals surface area (Å²) in [6.45, 7) is 3.91. The van der Waals surface area contributed by atoms with Gasteiger partial charge in [-0.15, -0.1) is 0 Å². The van der Waals surface area contributed by atoms with Crippen molar-refractivity contribution in [3.8, 4) is 0 Å². The standard InChI is InChI=1S/C16H17FN4S/c1-10-19-16(22-20-10)21-6-4-11(5-7-21)14-9-18-15-8-12(17)2-3-13(14)15/h2-3,8-9,11,18H,4-7H2,1H3. The lowest BCUT2D eigenvalue weighted by molar-refractivity contribution is 0.507. The molecule has 1 N–H and O–H groups in total. The normalized spacial score (nSPS) is 16.5. The fraction of sp³-hybridized carbons (Fsp3) is 0.375. The van der Waals surface area contributed by atoms with Crippen LogP contribution in [0.4, 0.5) is 9.52 Å². The van der Waals surface area contributed by atoms with Crippen molar-refractivity contribution in [1.82, 2.24) is 14.3 Å². The van der Waals surface area contributed by atoms with Crippen LogP contribution < -0.4 is 4.90 Å². The molecule has 114 valence electrons. The second-order valence-electron chi connectivity index (χ2n) is 5.82. The van der Waals surface area contributed by atoms with Gasteiger partial charge >= 0.3 is 0 Å². The van der Waals surface area contributed by atoms with E-state index in [-0.39, 0.29) is 5.82 Å². The molecule has 0 spiro atoms. The van der Waals surface area contributed by atoms with Crippen LogP contribution in [0.2, 0.25) is 0 Å². The number of hydrogen-bond acceptors (Lipinski definition) is 4. The smallest absolute Gasteiger partial charge is 0.205 e. The number of rotatable bonds is 2. The first-order valence-electron chi connectivity index (χ1n) is 7.52. The number of benzene rings is 1. The Balaban J connectivity index is 1.53. The zero-order valence-corrected chi connectivity index (χ0v) is 13.2. The highest BCUT2D eigenvalue weighted by molar-refractivity contribution is 7.09. The highest BCUT2D eigenvalue weighted by atomic mass is 32.1. The van der Waals surface area contributed by atoms with Crippen LogP contribution in [0.3, 0.4) is 0 Å². The highest BCUT2D eigenvalue weighted by Gasteiger charge is 2.24. The number of aromatic amines is 1. The maximum Gasteiger partial charge on any atom is 0.205 e. The van der Waals surface area contributed by atoms with Crippen molar-refractivity contribution in [2.75, 3.05) is 18.0 Å². The lowest BCUT2D eigenvalue weighted by Crippen LogP contribution is -2.32. The monoisotopic (exact) mass is 316 g/mol. The fourth-order valence-corrected chi connectivity index (χ4v) is 3.98. The van der Waals surface area contributed by atoms with Gasteiger partial charge in [0.1, 0.15) is 11.6 Å². The van der Waals surface area contributed by atoms with Crippen molar-refractivity contribution in [2.45, 2.75) is 25.7 Å². The Morgan fingerprint density at radius 2 is 2.14 bits per heavy atom. The minimum atomic E-state index is -0.192. The van der Waals surface area contributed by atoms with E-state index >= 15 is 0 Å². The van der Waals surface area contributed by atoms with Crippen LogP contribution in [0.15, 0.2) is 24.4 Å². The number of hydrogen-bond donors (Lipinski definition) is 1. The molecular weight excluding hydrogens is 299 g/mol. The van der Waals surface area contributed by atoms with Crippen LogP contribution in [0.5, 0.6) is 0 Å². The summed E-state index contributed by atoms with van der Waals surface area (Å²) in [6, 6.07) is 4.99. The Kier molecular flexibility index (Phi) is 3.33. The number of halogens is 1. The Labute approximate surface area is 132 Å². The molecule has 4 nitrogen and oxygen atoms in total.